The molecule has 1 aromatic carbocycles. The van der Waals surface area contributed by atoms with Crippen molar-refractivity contribution >= 4 is 11.6 Å². The molecule has 1 atom stereocenters. The molecule has 0 saturated heterocycles. The Kier molecular flexibility index (Phi) is 4.99. The second-order valence-electron chi connectivity index (χ2n) is 7.74. The third kappa shape index (κ3) is 3.63. The van der Waals surface area contributed by atoms with E-state index in [1.54, 1.807) is 29.7 Å². The number of aromatic nitrogens is 4. The van der Waals surface area contributed by atoms with Gasteiger partial charge >= 0.3 is 0 Å². The highest BCUT2D eigenvalue weighted by atomic mass is 16.5. The van der Waals surface area contributed by atoms with Crippen LogP contribution in [0.2, 0.25) is 0 Å². The predicted molar refractivity (Wildman–Crippen MR) is 115 cm³/mol. The topological polar surface area (TPSA) is 120 Å². The molecule has 0 aliphatic heterocycles. The van der Waals surface area contributed by atoms with Crippen molar-refractivity contribution in [3.63, 3.8) is 0 Å². The van der Waals surface area contributed by atoms with Crippen LogP contribution in [0.5, 0.6) is 0 Å². The van der Waals surface area contributed by atoms with E-state index in [2.05, 4.69) is 57.9 Å². The molecule has 8 nitrogen and oxygen atoms in total. The van der Waals surface area contributed by atoms with E-state index in [0.29, 0.717) is 23.3 Å². The second kappa shape index (κ2) is 7.62. The van der Waals surface area contributed by atoms with E-state index < -0.39 is 0 Å². The Balaban J connectivity index is 1.66. The summed E-state index contributed by atoms with van der Waals surface area (Å²) in [7, 11) is 1.83. The first-order chi connectivity index (χ1) is 14.4. The van der Waals surface area contributed by atoms with Crippen molar-refractivity contribution in [2.75, 3.05) is 12.8 Å². The highest BCUT2D eigenvalue weighted by Crippen LogP contribution is 2.50. The lowest BCUT2D eigenvalue weighted by molar-refractivity contribution is 0.373. The molecule has 8 heteroatoms. The summed E-state index contributed by atoms with van der Waals surface area (Å²) in [5.41, 5.74) is 14.8. The van der Waals surface area contributed by atoms with Crippen LogP contribution in [0.4, 0.5) is 5.95 Å². The minimum Gasteiger partial charge on any atom is -0.393 e. The van der Waals surface area contributed by atoms with Crippen molar-refractivity contribution in [3.8, 4) is 11.1 Å². The van der Waals surface area contributed by atoms with Crippen LogP contribution < -0.4 is 11.5 Å². The molecule has 2 heterocycles. The molecule has 4 rings (SSSR count). The van der Waals surface area contributed by atoms with Gasteiger partial charge in [0.15, 0.2) is 5.82 Å². The van der Waals surface area contributed by atoms with Gasteiger partial charge in [-0.25, -0.2) is 9.97 Å². The van der Waals surface area contributed by atoms with Crippen LogP contribution in [-0.2, 0) is 5.41 Å². The number of nitrogens with zero attached hydrogens (tertiary/aromatic N) is 5. The first-order valence-electron chi connectivity index (χ1n) is 9.76. The molecule has 1 unspecified atom stereocenters. The Labute approximate surface area is 175 Å². The molecule has 2 aromatic heterocycles. The molecule has 1 aliphatic rings. The van der Waals surface area contributed by atoms with E-state index >= 15 is 0 Å². The number of rotatable bonds is 7. The van der Waals surface area contributed by atoms with Crippen LogP contribution in [0.3, 0.4) is 0 Å². The van der Waals surface area contributed by atoms with Gasteiger partial charge in [0, 0.05) is 31.2 Å². The van der Waals surface area contributed by atoms with Crippen LogP contribution >= 0.6 is 0 Å². The first kappa shape index (κ1) is 19.6. The van der Waals surface area contributed by atoms with Gasteiger partial charge in [-0.15, -0.1) is 0 Å². The molecule has 0 spiro atoms. The summed E-state index contributed by atoms with van der Waals surface area (Å²) >= 11 is 0. The standard InChI is InChI=1S/C22H25N7O/c1-4-29(3)13-18(23)19-27-20(28-30-19)22(2,17-9-10-17)16-7-5-14(6-8-16)15-11-25-21(24)26-12-15/h4-8,11-13,17H,1,9-10,23H2,2-3H3,(H2,24,25,26)/b18-13-. The van der Waals surface area contributed by atoms with Gasteiger partial charge in [-0.3, -0.25) is 0 Å². The van der Waals surface area contributed by atoms with Gasteiger partial charge in [-0.05, 0) is 43.0 Å². The summed E-state index contributed by atoms with van der Waals surface area (Å²) in [6, 6.07) is 8.31. The fraction of sp³-hybridized carbons (Fsp3) is 0.273. The summed E-state index contributed by atoms with van der Waals surface area (Å²) in [6.07, 6.45) is 9.03. The maximum atomic E-state index is 6.11. The second-order valence-corrected chi connectivity index (χ2v) is 7.74. The fourth-order valence-corrected chi connectivity index (χ4v) is 3.58. The van der Waals surface area contributed by atoms with Gasteiger partial charge in [0.25, 0.3) is 5.89 Å². The van der Waals surface area contributed by atoms with Gasteiger partial charge in [0.05, 0.1) is 5.41 Å². The summed E-state index contributed by atoms with van der Waals surface area (Å²) < 4.78 is 5.48. The lowest BCUT2D eigenvalue weighted by atomic mass is 9.77. The minimum absolute atomic E-state index is 0.261. The zero-order valence-corrected chi connectivity index (χ0v) is 17.1. The molecule has 1 fully saturated rings. The number of hydrogen-bond donors (Lipinski definition) is 2. The van der Waals surface area contributed by atoms with Gasteiger partial charge in [-0.2, -0.15) is 4.98 Å². The van der Waals surface area contributed by atoms with E-state index in [9.17, 15) is 0 Å². The van der Waals surface area contributed by atoms with Crippen LogP contribution in [0.25, 0.3) is 16.8 Å². The smallest absolute Gasteiger partial charge is 0.275 e. The number of nitrogens with two attached hydrogens (primary N) is 2. The van der Waals surface area contributed by atoms with Crippen molar-refractivity contribution in [1.82, 2.24) is 25.0 Å². The highest BCUT2D eigenvalue weighted by Gasteiger charge is 2.47. The number of nitrogen functional groups attached to an aromatic ring is 1. The number of anilines is 1. The largest absolute Gasteiger partial charge is 0.393 e. The molecule has 1 aliphatic carbocycles. The van der Waals surface area contributed by atoms with E-state index in [-0.39, 0.29) is 11.4 Å². The maximum Gasteiger partial charge on any atom is 0.275 e. The van der Waals surface area contributed by atoms with Crippen LogP contribution in [-0.4, -0.2) is 32.1 Å². The Hall–Kier alpha value is -3.68. The molecule has 0 amide bonds. The van der Waals surface area contributed by atoms with Crippen molar-refractivity contribution in [2.45, 2.75) is 25.2 Å². The lowest BCUT2D eigenvalue weighted by Gasteiger charge is -2.27. The monoisotopic (exact) mass is 403 g/mol. The molecular formula is C22H25N7O. The number of hydrogen-bond acceptors (Lipinski definition) is 8. The van der Waals surface area contributed by atoms with Crippen LogP contribution in [0.1, 0.15) is 37.0 Å². The number of benzene rings is 1. The van der Waals surface area contributed by atoms with Crippen LogP contribution in [0, 0.1) is 5.92 Å². The van der Waals surface area contributed by atoms with Gasteiger partial charge < -0.3 is 20.9 Å². The van der Waals surface area contributed by atoms with E-state index in [0.717, 1.165) is 29.5 Å². The van der Waals surface area contributed by atoms with Crippen molar-refractivity contribution < 1.29 is 4.52 Å². The molecule has 154 valence electrons. The zero-order chi connectivity index (χ0) is 21.3. The third-order valence-electron chi connectivity index (χ3n) is 5.65. The Morgan fingerprint density at radius 1 is 1.20 bits per heavy atom. The van der Waals surface area contributed by atoms with Gasteiger partial charge in [-0.1, -0.05) is 36.0 Å². The highest BCUT2D eigenvalue weighted by molar-refractivity contribution is 5.63. The van der Waals surface area contributed by atoms with E-state index in [1.165, 1.54) is 0 Å². The van der Waals surface area contributed by atoms with Crippen molar-refractivity contribution in [3.05, 3.63) is 72.9 Å². The summed E-state index contributed by atoms with van der Waals surface area (Å²) in [4.78, 5) is 14.5. The Morgan fingerprint density at radius 2 is 1.87 bits per heavy atom. The summed E-state index contributed by atoms with van der Waals surface area (Å²) in [5.74, 6) is 1.66. The minimum atomic E-state index is -0.359. The average Bonchev–Trinajstić information content (AvgIpc) is 3.50. The summed E-state index contributed by atoms with van der Waals surface area (Å²) in [6.45, 7) is 5.86. The molecule has 4 N–H and O–H groups in total. The quantitative estimate of drug-likeness (QED) is 0.617. The third-order valence-corrected chi connectivity index (χ3v) is 5.65. The molecule has 0 radical (unpaired) electrons. The lowest BCUT2D eigenvalue weighted by Crippen LogP contribution is -2.28. The molecule has 30 heavy (non-hydrogen) atoms. The first-order valence-corrected chi connectivity index (χ1v) is 9.76. The van der Waals surface area contributed by atoms with Gasteiger partial charge in [0.2, 0.25) is 5.95 Å². The molecule has 1 saturated carbocycles. The van der Waals surface area contributed by atoms with E-state index in [1.807, 2.05) is 7.05 Å². The predicted octanol–water partition coefficient (Wildman–Crippen LogP) is 3.16. The average molecular weight is 403 g/mol. The fourth-order valence-electron chi connectivity index (χ4n) is 3.58. The molecular weight excluding hydrogens is 378 g/mol. The molecule has 3 aromatic rings. The van der Waals surface area contributed by atoms with E-state index in [4.69, 9.17) is 16.0 Å². The molecule has 0 bridgehead atoms. The van der Waals surface area contributed by atoms with Crippen LogP contribution in [0.15, 0.2) is 60.2 Å². The zero-order valence-electron chi connectivity index (χ0n) is 17.1. The Bertz CT molecular complexity index is 1070. The normalized spacial score (nSPS) is 16.1. The maximum absolute atomic E-state index is 6.11. The van der Waals surface area contributed by atoms with Crippen molar-refractivity contribution in [2.24, 2.45) is 11.7 Å². The van der Waals surface area contributed by atoms with Crippen molar-refractivity contribution in [1.29, 1.82) is 0 Å². The van der Waals surface area contributed by atoms with Gasteiger partial charge in [0.1, 0.15) is 5.70 Å². The summed E-state index contributed by atoms with van der Waals surface area (Å²) in [5, 5.41) is 4.29. The SMILES string of the molecule is C=CN(C)/C=C(\N)c1nc(C(C)(c2ccc(-c3cnc(N)nc3)cc2)C2CC2)no1. The Morgan fingerprint density at radius 3 is 2.47 bits per heavy atom.